The Morgan fingerprint density at radius 2 is 1.57 bits per heavy atom. The fraction of sp³-hybridized carbons (Fsp3) is 0.375. The third-order valence-electron chi connectivity index (χ3n) is 6.10. The smallest absolute Gasteiger partial charge is 0.243 e. The van der Waals surface area contributed by atoms with Crippen LogP contribution < -0.4 is 15.5 Å². The first-order valence-electron chi connectivity index (χ1n) is 11.3. The SMILES string of the molecule is O=C(C[C@@H]1C(=O)NCCN1C(=O)CN1CCN(c2ccc(Cl)cc2)CC1)Nc1cc(Cl)cc(Cl)c1. The van der Waals surface area contributed by atoms with Gasteiger partial charge in [-0.15, -0.1) is 0 Å². The van der Waals surface area contributed by atoms with Crippen molar-refractivity contribution in [3.63, 3.8) is 0 Å². The molecule has 2 aliphatic rings. The average molecular weight is 539 g/mol. The van der Waals surface area contributed by atoms with Gasteiger partial charge in [-0.25, -0.2) is 0 Å². The summed E-state index contributed by atoms with van der Waals surface area (Å²) < 4.78 is 0. The van der Waals surface area contributed by atoms with E-state index in [0.717, 1.165) is 31.9 Å². The zero-order valence-corrected chi connectivity index (χ0v) is 21.2. The lowest BCUT2D eigenvalue weighted by Crippen LogP contribution is -2.60. The number of hydrogen-bond donors (Lipinski definition) is 2. The molecule has 0 bridgehead atoms. The first kappa shape index (κ1) is 25.6. The Bertz CT molecular complexity index is 1070. The van der Waals surface area contributed by atoms with Crippen LogP contribution in [0.15, 0.2) is 42.5 Å². The fourth-order valence-electron chi connectivity index (χ4n) is 4.33. The lowest BCUT2D eigenvalue weighted by Gasteiger charge is -2.39. The summed E-state index contributed by atoms with van der Waals surface area (Å²) in [6, 6.07) is 11.5. The summed E-state index contributed by atoms with van der Waals surface area (Å²) in [5, 5.41) is 6.93. The molecular weight excluding hydrogens is 513 g/mol. The van der Waals surface area contributed by atoms with Crippen LogP contribution in [0.4, 0.5) is 11.4 Å². The number of nitrogens with one attached hydrogen (secondary N) is 2. The van der Waals surface area contributed by atoms with Gasteiger partial charge in [0.05, 0.1) is 13.0 Å². The minimum absolute atomic E-state index is 0.161. The van der Waals surface area contributed by atoms with Crippen molar-refractivity contribution in [2.45, 2.75) is 12.5 Å². The van der Waals surface area contributed by atoms with Crippen LogP contribution in [-0.2, 0) is 14.4 Å². The molecule has 2 N–H and O–H groups in total. The highest BCUT2D eigenvalue weighted by Crippen LogP contribution is 2.23. The molecule has 0 radical (unpaired) electrons. The molecule has 35 heavy (non-hydrogen) atoms. The zero-order valence-electron chi connectivity index (χ0n) is 19.0. The van der Waals surface area contributed by atoms with Gasteiger partial charge in [0.15, 0.2) is 0 Å². The number of anilines is 2. The second-order valence-electron chi connectivity index (χ2n) is 8.54. The average Bonchev–Trinajstić information content (AvgIpc) is 2.80. The van der Waals surface area contributed by atoms with Crippen LogP contribution in [0.5, 0.6) is 0 Å². The van der Waals surface area contributed by atoms with E-state index >= 15 is 0 Å². The summed E-state index contributed by atoms with van der Waals surface area (Å²) in [7, 11) is 0. The van der Waals surface area contributed by atoms with Gasteiger partial charge >= 0.3 is 0 Å². The molecule has 2 aliphatic heterocycles. The number of carbonyl (C=O) groups is 3. The predicted molar refractivity (Wildman–Crippen MR) is 138 cm³/mol. The van der Waals surface area contributed by atoms with E-state index in [9.17, 15) is 14.4 Å². The minimum atomic E-state index is -0.874. The van der Waals surface area contributed by atoms with E-state index in [4.69, 9.17) is 34.8 Å². The number of rotatable bonds is 6. The summed E-state index contributed by atoms with van der Waals surface area (Å²) in [6.45, 7) is 3.91. The Balaban J connectivity index is 1.33. The molecule has 0 spiro atoms. The predicted octanol–water partition coefficient (Wildman–Crippen LogP) is 3.12. The molecule has 1 atom stereocenters. The van der Waals surface area contributed by atoms with E-state index in [1.807, 2.05) is 24.3 Å². The number of amides is 3. The van der Waals surface area contributed by atoms with Gasteiger partial charge in [-0.05, 0) is 42.5 Å². The summed E-state index contributed by atoms with van der Waals surface area (Å²) in [5.74, 6) is -0.903. The molecule has 3 amide bonds. The topological polar surface area (TPSA) is 85.0 Å². The second-order valence-corrected chi connectivity index (χ2v) is 9.85. The van der Waals surface area contributed by atoms with Crippen LogP contribution in [0.2, 0.25) is 15.1 Å². The van der Waals surface area contributed by atoms with Crippen LogP contribution >= 0.6 is 34.8 Å². The maximum absolute atomic E-state index is 13.1. The van der Waals surface area contributed by atoms with Crippen LogP contribution in [-0.4, -0.2) is 79.4 Å². The summed E-state index contributed by atoms with van der Waals surface area (Å²) >= 11 is 18.0. The van der Waals surface area contributed by atoms with Gasteiger partial charge in [0.25, 0.3) is 0 Å². The molecule has 8 nitrogen and oxygen atoms in total. The van der Waals surface area contributed by atoms with Gasteiger partial charge in [0.2, 0.25) is 17.7 Å². The van der Waals surface area contributed by atoms with Crippen molar-refractivity contribution < 1.29 is 14.4 Å². The number of carbonyl (C=O) groups excluding carboxylic acids is 3. The van der Waals surface area contributed by atoms with Crippen molar-refractivity contribution in [3.05, 3.63) is 57.5 Å². The zero-order chi connectivity index (χ0) is 24.9. The maximum Gasteiger partial charge on any atom is 0.243 e. The second kappa shape index (κ2) is 11.5. The number of benzene rings is 2. The monoisotopic (exact) mass is 537 g/mol. The van der Waals surface area contributed by atoms with Crippen molar-refractivity contribution in [2.24, 2.45) is 0 Å². The maximum atomic E-state index is 13.1. The highest BCUT2D eigenvalue weighted by molar-refractivity contribution is 6.35. The van der Waals surface area contributed by atoms with E-state index in [0.29, 0.717) is 33.8 Å². The molecular formula is C24H26Cl3N5O3. The molecule has 2 aromatic rings. The van der Waals surface area contributed by atoms with E-state index in [1.54, 1.807) is 18.2 Å². The molecule has 0 saturated carbocycles. The van der Waals surface area contributed by atoms with Gasteiger partial charge in [-0.2, -0.15) is 0 Å². The van der Waals surface area contributed by atoms with Gasteiger partial charge in [-0.1, -0.05) is 34.8 Å². The van der Waals surface area contributed by atoms with Crippen LogP contribution in [0.25, 0.3) is 0 Å². The molecule has 4 rings (SSSR count). The standard InChI is InChI=1S/C24H26Cl3N5O3/c25-16-1-3-20(4-2-16)31-9-7-30(8-10-31)15-23(34)32-6-5-28-24(35)21(32)14-22(33)29-19-12-17(26)11-18(27)13-19/h1-4,11-13,21H,5-10,14-15H2,(H,28,35)(H,29,33)/t21-/m1/s1. The highest BCUT2D eigenvalue weighted by atomic mass is 35.5. The quantitative estimate of drug-likeness (QED) is 0.590. The molecule has 2 heterocycles. The van der Waals surface area contributed by atoms with Crippen molar-refractivity contribution in [3.8, 4) is 0 Å². The van der Waals surface area contributed by atoms with Crippen LogP contribution in [0, 0.1) is 0 Å². The highest BCUT2D eigenvalue weighted by Gasteiger charge is 2.35. The Labute approximate surface area is 219 Å². The third-order valence-corrected chi connectivity index (χ3v) is 6.79. The Morgan fingerprint density at radius 3 is 2.23 bits per heavy atom. The lowest BCUT2D eigenvalue weighted by atomic mass is 10.1. The molecule has 186 valence electrons. The van der Waals surface area contributed by atoms with Crippen molar-refractivity contribution in [2.75, 3.05) is 56.0 Å². The Hall–Kier alpha value is -2.52. The van der Waals surface area contributed by atoms with Crippen LogP contribution in [0.1, 0.15) is 6.42 Å². The first-order chi connectivity index (χ1) is 16.8. The fourth-order valence-corrected chi connectivity index (χ4v) is 4.98. The molecule has 0 unspecified atom stereocenters. The molecule has 2 aromatic carbocycles. The number of nitrogens with zero attached hydrogens (tertiary/aromatic N) is 3. The van der Waals surface area contributed by atoms with Gasteiger partial charge in [0, 0.05) is 65.7 Å². The van der Waals surface area contributed by atoms with E-state index < -0.39 is 11.9 Å². The largest absolute Gasteiger partial charge is 0.369 e. The lowest BCUT2D eigenvalue weighted by molar-refractivity contribution is -0.145. The minimum Gasteiger partial charge on any atom is -0.369 e. The van der Waals surface area contributed by atoms with Gasteiger partial charge in [0.1, 0.15) is 6.04 Å². The molecule has 2 saturated heterocycles. The Morgan fingerprint density at radius 1 is 0.914 bits per heavy atom. The van der Waals surface area contributed by atoms with Crippen LogP contribution in [0.3, 0.4) is 0 Å². The molecule has 0 aromatic heterocycles. The van der Waals surface area contributed by atoms with Crippen molar-refractivity contribution >= 4 is 63.9 Å². The first-order valence-corrected chi connectivity index (χ1v) is 12.5. The number of hydrogen-bond acceptors (Lipinski definition) is 5. The third kappa shape index (κ3) is 6.79. The normalized spacial score (nSPS) is 18.8. The van der Waals surface area contributed by atoms with E-state index in [1.165, 1.54) is 4.90 Å². The van der Waals surface area contributed by atoms with E-state index in [-0.39, 0.29) is 24.8 Å². The molecule has 0 aliphatic carbocycles. The summed E-state index contributed by atoms with van der Waals surface area (Å²) in [4.78, 5) is 44.2. The Kier molecular flexibility index (Phi) is 8.38. The van der Waals surface area contributed by atoms with Gasteiger partial charge < -0.3 is 20.4 Å². The van der Waals surface area contributed by atoms with Crippen molar-refractivity contribution in [1.29, 1.82) is 0 Å². The number of piperazine rings is 2. The van der Waals surface area contributed by atoms with Crippen molar-refractivity contribution in [1.82, 2.24) is 15.1 Å². The summed E-state index contributed by atoms with van der Waals surface area (Å²) in [6.07, 6.45) is -0.161. The van der Waals surface area contributed by atoms with Gasteiger partial charge in [-0.3, -0.25) is 19.3 Å². The molecule has 2 fully saturated rings. The number of halogens is 3. The molecule has 11 heteroatoms. The summed E-state index contributed by atoms with van der Waals surface area (Å²) in [5.41, 5.74) is 1.53. The van der Waals surface area contributed by atoms with E-state index in [2.05, 4.69) is 20.4 Å².